The Labute approximate surface area is 304 Å². The van der Waals surface area contributed by atoms with Gasteiger partial charge in [-0.3, -0.25) is 25.0 Å². The van der Waals surface area contributed by atoms with Crippen molar-refractivity contribution in [1.29, 1.82) is 0 Å². The number of carbonyl (C=O) groups excluding carboxylic acids is 3. The lowest BCUT2D eigenvalue weighted by Crippen LogP contribution is -2.49. The first-order valence-corrected chi connectivity index (χ1v) is 17.4. The molecule has 0 unspecified atom stereocenters. The first-order chi connectivity index (χ1) is 23.8. The molecule has 0 heterocycles. The van der Waals surface area contributed by atoms with Crippen LogP contribution in [0.2, 0.25) is 5.02 Å². The van der Waals surface area contributed by atoms with Gasteiger partial charge in [-0.2, -0.15) is 0 Å². The molecule has 4 rings (SSSR count). The van der Waals surface area contributed by atoms with Crippen LogP contribution in [0, 0.1) is 10.1 Å². The van der Waals surface area contributed by atoms with Crippen LogP contribution in [-0.2, 0) is 37.4 Å². The number of nitro groups is 1. The maximum atomic E-state index is 13.3. The summed E-state index contributed by atoms with van der Waals surface area (Å²) in [6.07, 6.45) is -1.21. The number of nitro benzene ring substituents is 1. The summed E-state index contributed by atoms with van der Waals surface area (Å²) in [5.74, 6) is -1.37. The molecule has 50 heavy (non-hydrogen) atoms. The first kappa shape index (κ1) is 37.7. The maximum absolute atomic E-state index is 13.3. The topological polar surface area (TPSA) is 195 Å². The minimum absolute atomic E-state index is 0.0938. The number of sulfonamides is 1. The van der Waals surface area contributed by atoms with Gasteiger partial charge in [-0.1, -0.05) is 70.0 Å². The summed E-state index contributed by atoms with van der Waals surface area (Å²) in [4.78, 5) is 48.3. The maximum Gasteiger partial charge on any atom is 0.408 e. The fraction of sp³-hybridized carbons (Fsp3) is 0.125. The molecule has 18 heteroatoms. The Balaban J connectivity index is 1.36. The molecular formula is C32H27BrClN5O9S2. The number of alkyl carbamates (subject to hydrolysis) is 1. The van der Waals surface area contributed by atoms with Crippen molar-refractivity contribution in [2.75, 3.05) is 11.9 Å². The summed E-state index contributed by atoms with van der Waals surface area (Å²) < 4.78 is 39.6. The van der Waals surface area contributed by atoms with E-state index in [0.717, 1.165) is 4.47 Å². The van der Waals surface area contributed by atoms with E-state index >= 15 is 0 Å². The second-order valence-corrected chi connectivity index (χ2v) is 13.7. The Hall–Kier alpha value is -5.10. The molecule has 4 aromatic carbocycles. The lowest BCUT2D eigenvalue weighted by atomic mass is 10.1. The van der Waals surface area contributed by atoms with E-state index in [1.54, 1.807) is 48.5 Å². The molecule has 0 aromatic heterocycles. The molecule has 0 saturated heterocycles. The Morgan fingerprint density at radius 1 is 0.940 bits per heavy atom. The quantitative estimate of drug-likeness (QED) is 0.0784. The number of anilines is 1. The second-order valence-electron chi connectivity index (χ2n) is 10.2. The molecular weight excluding hydrogens is 778 g/mol. The number of hydrogen-bond donors (Lipinski definition) is 4. The summed E-state index contributed by atoms with van der Waals surface area (Å²) in [6.45, 7) is -0.496. The highest BCUT2D eigenvalue weighted by Gasteiger charge is 2.27. The van der Waals surface area contributed by atoms with E-state index in [-0.39, 0.29) is 35.3 Å². The summed E-state index contributed by atoms with van der Waals surface area (Å²) in [7, 11) is -4.45. The van der Waals surface area contributed by atoms with Gasteiger partial charge in [0.1, 0.15) is 18.4 Å². The number of hydrogen-bond acceptors (Lipinski definition) is 10. The molecule has 0 spiro atoms. The molecule has 4 aromatic rings. The summed E-state index contributed by atoms with van der Waals surface area (Å²) in [5, 5.41) is 18.8. The highest BCUT2D eigenvalue weighted by Crippen LogP contribution is 2.27. The number of amides is 3. The largest absolute Gasteiger partial charge is 0.482 e. The van der Waals surface area contributed by atoms with Crippen molar-refractivity contribution in [3.05, 3.63) is 128 Å². The fourth-order valence-electron chi connectivity index (χ4n) is 4.15. The van der Waals surface area contributed by atoms with E-state index in [2.05, 4.69) is 31.9 Å². The van der Waals surface area contributed by atoms with E-state index in [4.69, 9.17) is 33.3 Å². The standard InChI is InChI=1S/C32H27BrClN5O9S2/c33-22-8-15-28(26(34)17-22)47-19-29(40)37-31(49)35-23-9-13-25(14-10-23)50(45,46)38-30(41)27(16-20-6-11-24(12-7-20)39(43)44)36-32(42)48-18-21-4-2-1-3-5-21/h1-15,17,27H,16,18-19H2,(H,36,42)(H,38,41)(H2,35,37,40,49)/t27-/m0/s1. The normalized spacial score (nSPS) is 11.4. The van der Waals surface area contributed by atoms with Gasteiger partial charge in [0.05, 0.1) is 14.8 Å². The zero-order valence-corrected chi connectivity index (χ0v) is 29.6. The van der Waals surface area contributed by atoms with Crippen molar-refractivity contribution < 1.29 is 37.2 Å². The Morgan fingerprint density at radius 3 is 2.26 bits per heavy atom. The van der Waals surface area contributed by atoms with Crippen LogP contribution in [0.1, 0.15) is 11.1 Å². The van der Waals surface area contributed by atoms with Crippen LogP contribution in [0.25, 0.3) is 0 Å². The van der Waals surface area contributed by atoms with Gasteiger partial charge in [0.2, 0.25) is 0 Å². The smallest absolute Gasteiger partial charge is 0.408 e. The number of carbonyl (C=O) groups is 3. The van der Waals surface area contributed by atoms with Crippen LogP contribution in [0.4, 0.5) is 16.2 Å². The number of nitrogens with zero attached hydrogens (tertiary/aromatic N) is 1. The molecule has 0 radical (unpaired) electrons. The number of nitrogens with one attached hydrogen (secondary N) is 4. The molecule has 1 atom stereocenters. The third-order valence-electron chi connectivity index (χ3n) is 6.57. The molecule has 0 aliphatic carbocycles. The molecule has 260 valence electrons. The number of ether oxygens (including phenoxy) is 2. The van der Waals surface area contributed by atoms with Gasteiger partial charge in [-0.25, -0.2) is 17.9 Å². The number of rotatable bonds is 13. The average molecular weight is 805 g/mol. The summed E-state index contributed by atoms with van der Waals surface area (Å²) in [5.41, 5.74) is 1.21. The number of thiocarbonyl (C=S) groups is 1. The van der Waals surface area contributed by atoms with Crippen molar-refractivity contribution in [3.63, 3.8) is 0 Å². The molecule has 14 nitrogen and oxygen atoms in total. The van der Waals surface area contributed by atoms with Gasteiger partial charge in [0.25, 0.3) is 27.5 Å². The SMILES string of the molecule is O=C(COc1ccc(Br)cc1Cl)NC(=S)Nc1ccc(S(=O)(=O)NC(=O)[C@H](Cc2ccc([N+](=O)[O-])cc2)NC(=O)OCc2ccccc2)cc1. The van der Waals surface area contributed by atoms with Gasteiger partial charge in [0.15, 0.2) is 11.7 Å². The van der Waals surface area contributed by atoms with Crippen molar-refractivity contribution in [2.24, 2.45) is 0 Å². The highest BCUT2D eigenvalue weighted by molar-refractivity contribution is 9.10. The Morgan fingerprint density at radius 2 is 1.62 bits per heavy atom. The van der Waals surface area contributed by atoms with Crippen LogP contribution in [0.15, 0.2) is 106 Å². The van der Waals surface area contributed by atoms with E-state index < -0.39 is 38.9 Å². The van der Waals surface area contributed by atoms with E-state index in [0.29, 0.717) is 27.6 Å². The first-order valence-electron chi connectivity index (χ1n) is 14.3. The molecule has 3 amide bonds. The third-order valence-corrected chi connectivity index (χ3v) is 8.93. The van der Waals surface area contributed by atoms with Crippen LogP contribution >= 0.6 is 39.7 Å². The van der Waals surface area contributed by atoms with E-state index in [9.17, 15) is 32.9 Å². The van der Waals surface area contributed by atoms with Crippen molar-refractivity contribution in [1.82, 2.24) is 15.4 Å². The van der Waals surface area contributed by atoms with Crippen molar-refractivity contribution >= 4 is 84.2 Å². The number of benzene rings is 4. The van der Waals surface area contributed by atoms with Crippen LogP contribution in [0.5, 0.6) is 5.75 Å². The molecule has 0 saturated carbocycles. The third kappa shape index (κ3) is 11.5. The van der Waals surface area contributed by atoms with Crippen molar-refractivity contribution in [2.45, 2.75) is 24.0 Å². The summed E-state index contributed by atoms with van der Waals surface area (Å²) >= 11 is 14.5. The van der Waals surface area contributed by atoms with E-state index in [1.807, 2.05) is 4.72 Å². The molecule has 4 N–H and O–H groups in total. The number of halogens is 2. The zero-order valence-electron chi connectivity index (χ0n) is 25.6. The van der Waals surface area contributed by atoms with Crippen LogP contribution in [0.3, 0.4) is 0 Å². The predicted octanol–water partition coefficient (Wildman–Crippen LogP) is 5.25. The molecule has 0 aliphatic heterocycles. The molecule has 0 bridgehead atoms. The second kappa shape index (κ2) is 17.5. The monoisotopic (exact) mass is 803 g/mol. The summed E-state index contributed by atoms with van der Waals surface area (Å²) in [6, 6.07) is 22.5. The van der Waals surface area contributed by atoms with Crippen LogP contribution in [-0.4, -0.2) is 49.0 Å². The van der Waals surface area contributed by atoms with Crippen LogP contribution < -0.4 is 25.4 Å². The minimum atomic E-state index is -4.45. The predicted molar refractivity (Wildman–Crippen MR) is 191 cm³/mol. The Kier molecular flexibility index (Phi) is 13.2. The van der Waals surface area contributed by atoms with Gasteiger partial charge in [-0.15, -0.1) is 0 Å². The van der Waals surface area contributed by atoms with Gasteiger partial charge in [-0.05, 0) is 65.8 Å². The molecule has 0 aliphatic rings. The highest BCUT2D eigenvalue weighted by atomic mass is 79.9. The van der Waals surface area contributed by atoms with Gasteiger partial charge >= 0.3 is 6.09 Å². The fourth-order valence-corrected chi connectivity index (χ4v) is 6.13. The Bertz CT molecular complexity index is 1990. The van der Waals surface area contributed by atoms with Gasteiger partial charge < -0.3 is 20.1 Å². The lowest BCUT2D eigenvalue weighted by Gasteiger charge is -2.19. The van der Waals surface area contributed by atoms with Crippen molar-refractivity contribution in [3.8, 4) is 5.75 Å². The van der Waals surface area contributed by atoms with E-state index in [1.165, 1.54) is 48.5 Å². The van der Waals surface area contributed by atoms with Gasteiger partial charge in [0, 0.05) is 28.7 Å². The average Bonchev–Trinajstić information content (AvgIpc) is 3.07. The minimum Gasteiger partial charge on any atom is -0.482 e. The molecule has 0 fully saturated rings. The number of non-ortho nitro benzene ring substituents is 1. The lowest BCUT2D eigenvalue weighted by molar-refractivity contribution is -0.384. The zero-order chi connectivity index (χ0) is 36.3.